The molecule has 0 bridgehead atoms. The molecule has 1 unspecified atom stereocenters. The van der Waals surface area contributed by atoms with Crippen LogP contribution >= 0.6 is 11.6 Å². The zero-order valence-corrected chi connectivity index (χ0v) is 11.1. The number of methoxy groups -OCH3 is 1. The monoisotopic (exact) mass is 269 g/mol. The first kappa shape index (κ1) is 13.1. The van der Waals surface area contributed by atoms with E-state index in [0.717, 1.165) is 11.5 Å². The number of nitrogens with zero attached hydrogens (tertiary/aromatic N) is 2. The highest BCUT2D eigenvalue weighted by Gasteiger charge is 2.21. The Kier molecular flexibility index (Phi) is 4.06. The maximum atomic E-state index is 6.17. The van der Waals surface area contributed by atoms with Crippen LogP contribution in [0.5, 0.6) is 0 Å². The van der Waals surface area contributed by atoms with Crippen LogP contribution in [0.15, 0.2) is 22.7 Å². The van der Waals surface area contributed by atoms with Gasteiger partial charge in [0.2, 0.25) is 0 Å². The van der Waals surface area contributed by atoms with Gasteiger partial charge in [-0.05, 0) is 19.1 Å². The average molecular weight is 270 g/mol. The number of ether oxygens (including phenoxy) is 1. The van der Waals surface area contributed by atoms with Gasteiger partial charge in [-0.15, -0.1) is 0 Å². The summed E-state index contributed by atoms with van der Waals surface area (Å²) in [7, 11) is 1.64. The van der Waals surface area contributed by atoms with Crippen LogP contribution in [0.4, 0.5) is 0 Å². The van der Waals surface area contributed by atoms with Crippen LogP contribution in [-0.4, -0.2) is 23.5 Å². The Morgan fingerprint density at radius 2 is 2.33 bits per heavy atom. The molecular weight excluding hydrogens is 254 g/mol. The summed E-state index contributed by atoms with van der Waals surface area (Å²) in [5.74, 6) is 1.49. The van der Waals surface area contributed by atoms with Gasteiger partial charge in [0.25, 0.3) is 0 Å². The van der Waals surface area contributed by atoms with Crippen LogP contribution in [-0.2, 0) is 11.3 Å². The van der Waals surface area contributed by atoms with Gasteiger partial charge < -0.3 is 14.9 Å². The van der Waals surface area contributed by atoms with Crippen molar-refractivity contribution >= 4 is 11.6 Å². The minimum absolute atomic E-state index is 0.425. The maximum Gasteiger partial charge on any atom is 0.127 e. The molecule has 2 rings (SSSR count). The molecule has 2 N–H and O–H groups in total. The standard InChI is InChI=1S/C12H16ClN3O2/c1-8-3-4-10(18-8)11(14)12-9(13)7-15-16(12)5-6-17-2/h3-4,7,11H,5-6,14H2,1-2H3. The number of nitrogens with two attached hydrogens (primary N) is 1. The van der Waals surface area contributed by atoms with Gasteiger partial charge in [0.15, 0.2) is 0 Å². The second-order valence-corrected chi connectivity index (χ2v) is 4.43. The van der Waals surface area contributed by atoms with Crippen molar-refractivity contribution in [2.45, 2.75) is 19.5 Å². The van der Waals surface area contributed by atoms with Gasteiger partial charge in [-0.2, -0.15) is 5.10 Å². The molecule has 0 fully saturated rings. The van der Waals surface area contributed by atoms with E-state index in [0.29, 0.717) is 23.9 Å². The topological polar surface area (TPSA) is 66.2 Å². The van der Waals surface area contributed by atoms with Gasteiger partial charge >= 0.3 is 0 Å². The van der Waals surface area contributed by atoms with Crippen molar-refractivity contribution in [3.05, 3.63) is 40.6 Å². The van der Waals surface area contributed by atoms with Gasteiger partial charge in [-0.1, -0.05) is 11.6 Å². The van der Waals surface area contributed by atoms with Crippen LogP contribution < -0.4 is 5.73 Å². The zero-order valence-electron chi connectivity index (χ0n) is 10.4. The molecule has 18 heavy (non-hydrogen) atoms. The molecule has 5 nitrogen and oxygen atoms in total. The molecule has 0 radical (unpaired) electrons. The summed E-state index contributed by atoms with van der Waals surface area (Å²) in [5.41, 5.74) is 6.91. The Morgan fingerprint density at radius 1 is 1.56 bits per heavy atom. The molecule has 6 heteroatoms. The molecular formula is C12H16ClN3O2. The Labute approximate surface area is 110 Å². The third-order valence-corrected chi connectivity index (χ3v) is 2.99. The van der Waals surface area contributed by atoms with Crippen molar-refractivity contribution in [1.82, 2.24) is 9.78 Å². The lowest BCUT2D eigenvalue weighted by molar-refractivity contribution is 0.182. The van der Waals surface area contributed by atoms with Crippen molar-refractivity contribution in [3.8, 4) is 0 Å². The summed E-state index contributed by atoms with van der Waals surface area (Å²) < 4.78 is 12.3. The third-order valence-electron chi connectivity index (χ3n) is 2.70. The van der Waals surface area contributed by atoms with Gasteiger partial charge in [0.05, 0.1) is 30.1 Å². The van der Waals surface area contributed by atoms with Gasteiger partial charge in [-0.25, -0.2) is 0 Å². The lowest BCUT2D eigenvalue weighted by Crippen LogP contribution is -2.19. The molecule has 0 aromatic carbocycles. The predicted molar refractivity (Wildman–Crippen MR) is 68.6 cm³/mol. The molecule has 1 atom stereocenters. The van der Waals surface area contributed by atoms with E-state index in [4.69, 9.17) is 26.5 Å². The summed E-state index contributed by atoms with van der Waals surface area (Å²) >= 11 is 6.13. The number of hydrogen-bond donors (Lipinski definition) is 1. The molecule has 0 aliphatic carbocycles. The number of furan rings is 1. The highest BCUT2D eigenvalue weighted by atomic mass is 35.5. The number of aromatic nitrogens is 2. The second-order valence-electron chi connectivity index (χ2n) is 4.02. The number of aryl methyl sites for hydroxylation is 1. The first-order chi connectivity index (χ1) is 8.63. The fourth-order valence-corrected chi connectivity index (χ4v) is 2.05. The Hall–Kier alpha value is -1.30. The Morgan fingerprint density at radius 3 is 2.94 bits per heavy atom. The summed E-state index contributed by atoms with van der Waals surface area (Å²) in [6.07, 6.45) is 1.59. The van der Waals surface area contributed by atoms with Crippen LogP contribution in [0.2, 0.25) is 5.02 Å². The number of hydrogen-bond acceptors (Lipinski definition) is 4. The van der Waals surface area contributed by atoms with E-state index < -0.39 is 6.04 Å². The molecule has 2 aromatic heterocycles. The SMILES string of the molecule is COCCn1ncc(Cl)c1C(N)c1ccc(C)o1. The molecule has 2 heterocycles. The van der Waals surface area contributed by atoms with Crippen LogP contribution in [0.3, 0.4) is 0 Å². The highest BCUT2D eigenvalue weighted by Crippen LogP contribution is 2.27. The van der Waals surface area contributed by atoms with E-state index in [9.17, 15) is 0 Å². The van der Waals surface area contributed by atoms with Crippen LogP contribution in [0.1, 0.15) is 23.3 Å². The largest absolute Gasteiger partial charge is 0.464 e. The molecule has 98 valence electrons. The minimum Gasteiger partial charge on any atom is -0.464 e. The molecule has 0 aliphatic rings. The molecule has 0 aliphatic heterocycles. The fraction of sp³-hybridized carbons (Fsp3) is 0.417. The fourth-order valence-electron chi connectivity index (χ4n) is 1.79. The lowest BCUT2D eigenvalue weighted by atomic mass is 10.1. The molecule has 0 spiro atoms. The van der Waals surface area contributed by atoms with E-state index in [1.54, 1.807) is 18.0 Å². The Bertz CT molecular complexity index is 521. The summed E-state index contributed by atoms with van der Waals surface area (Å²) in [6, 6.07) is 3.30. The van der Waals surface area contributed by atoms with Crippen molar-refractivity contribution in [3.63, 3.8) is 0 Å². The van der Waals surface area contributed by atoms with E-state index in [2.05, 4.69) is 5.10 Å². The Balaban J connectivity index is 2.28. The highest BCUT2D eigenvalue weighted by molar-refractivity contribution is 6.31. The molecule has 0 saturated carbocycles. The predicted octanol–water partition coefficient (Wildman–Crippen LogP) is 2.13. The molecule has 0 saturated heterocycles. The van der Waals surface area contributed by atoms with Gasteiger partial charge in [0.1, 0.15) is 17.6 Å². The van der Waals surface area contributed by atoms with Gasteiger partial charge in [-0.3, -0.25) is 4.68 Å². The van der Waals surface area contributed by atoms with Crippen molar-refractivity contribution < 1.29 is 9.15 Å². The van der Waals surface area contributed by atoms with Crippen LogP contribution in [0, 0.1) is 6.92 Å². The quantitative estimate of drug-likeness (QED) is 0.903. The molecule has 0 amide bonds. The lowest BCUT2D eigenvalue weighted by Gasteiger charge is -2.12. The van der Waals surface area contributed by atoms with E-state index in [1.165, 1.54) is 0 Å². The summed E-state index contributed by atoms with van der Waals surface area (Å²) in [5, 5.41) is 4.72. The van der Waals surface area contributed by atoms with Crippen LogP contribution in [0.25, 0.3) is 0 Å². The van der Waals surface area contributed by atoms with E-state index >= 15 is 0 Å². The minimum atomic E-state index is -0.425. The smallest absolute Gasteiger partial charge is 0.127 e. The van der Waals surface area contributed by atoms with Crippen molar-refractivity contribution in [1.29, 1.82) is 0 Å². The van der Waals surface area contributed by atoms with E-state index in [-0.39, 0.29) is 0 Å². The maximum absolute atomic E-state index is 6.17. The third kappa shape index (κ3) is 2.58. The number of rotatable bonds is 5. The number of halogens is 1. The van der Waals surface area contributed by atoms with Crippen molar-refractivity contribution in [2.24, 2.45) is 5.73 Å². The summed E-state index contributed by atoms with van der Waals surface area (Å²) in [4.78, 5) is 0. The summed E-state index contributed by atoms with van der Waals surface area (Å²) in [6.45, 7) is 3.03. The normalized spacial score (nSPS) is 12.9. The molecule has 2 aromatic rings. The second kappa shape index (κ2) is 5.56. The van der Waals surface area contributed by atoms with Crippen molar-refractivity contribution in [2.75, 3.05) is 13.7 Å². The zero-order chi connectivity index (χ0) is 13.1. The first-order valence-corrected chi connectivity index (χ1v) is 6.03. The first-order valence-electron chi connectivity index (χ1n) is 5.65. The average Bonchev–Trinajstić information content (AvgIpc) is 2.92. The van der Waals surface area contributed by atoms with E-state index in [1.807, 2.05) is 19.1 Å². The van der Waals surface area contributed by atoms with Gasteiger partial charge in [0, 0.05) is 7.11 Å².